The van der Waals surface area contributed by atoms with Crippen molar-refractivity contribution in [3.05, 3.63) is 35.6 Å². The van der Waals surface area contributed by atoms with Crippen molar-refractivity contribution in [1.29, 1.82) is 0 Å². The van der Waals surface area contributed by atoms with Crippen LogP contribution in [0.15, 0.2) is 29.3 Å². The van der Waals surface area contributed by atoms with Crippen LogP contribution in [0.1, 0.15) is 32.3 Å². The summed E-state index contributed by atoms with van der Waals surface area (Å²) in [5.74, 6) is 1.35. The van der Waals surface area contributed by atoms with Crippen molar-refractivity contribution in [3.63, 3.8) is 0 Å². The largest absolute Gasteiger partial charge is 0.357 e. The molecule has 2 rings (SSSR count). The number of benzene rings is 1. The molecular formula is C18H29FN4. The molecule has 0 amide bonds. The lowest BCUT2D eigenvalue weighted by atomic mass is 10.0. The van der Waals surface area contributed by atoms with Gasteiger partial charge in [0.15, 0.2) is 5.96 Å². The fourth-order valence-electron chi connectivity index (χ4n) is 2.95. The summed E-state index contributed by atoms with van der Waals surface area (Å²) in [6.45, 7) is 9.75. The Morgan fingerprint density at radius 1 is 1.35 bits per heavy atom. The topological polar surface area (TPSA) is 39.7 Å². The summed E-state index contributed by atoms with van der Waals surface area (Å²) in [6.07, 6.45) is 2.64. The summed E-state index contributed by atoms with van der Waals surface area (Å²) >= 11 is 0. The average Bonchev–Trinajstić information content (AvgIpc) is 2.54. The third-order valence-electron chi connectivity index (χ3n) is 4.17. The highest BCUT2D eigenvalue weighted by atomic mass is 19.1. The Labute approximate surface area is 139 Å². The molecule has 2 N–H and O–H groups in total. The van der Waals surface area contributed by atoms with Gasteiger partial charge in [-0.3, -0.25) is 0 Å². The molecule has 1 atom stereocenters. The van der Waals surface area contributed by atoms with Crippen molar-refractivity contribution in [2.45, 2.75) is 33.2 Å². The van der Waals surface area contributed by atoms with Gasteiger partial charge < -0.3 is 15.5 Å². The third-order valence-corrected chi connectivity index (χ3v) is 4.17. The predicted molar refractivity (Wildman–Crippen MR) is 94.1 cm³/mol. The van der Waals surface area contributed by atoms with Gasteiger partial charge in [-0.15, -0.1) is 0 Å². The van der Waals surface area contributed by atoms with Gasteiger partial charge in [0.2, 0.25) is 0 Å². The van der Waals surface area contributed by atoms with E-state index >= 15 is 0 Å². The van der Waals surface area contributed by atoms with Crippen LogP contribution in [0.5, 0.6) is 0 Å². The molecule has 1 aliphatic rings. The first-order chi connectivity index (χ1) is 11.2. The van der Waals surface area contributed by atoms with Crippen LogP contribution >= 0.6 is 0 Å². The lowest BCUT2D eigenvalue weighted by molar-refractivity contribution is 0.187. The van der Waals surface area contributed by atoms with Gasteiger partial charge in [0, 0.05) is 31.7 Å². The molecule has 0 aliphatic carbocycles. The smallest absolute Gasteiger partial charge is 0.191 e. The Bertz CT molecular complexity index is 504. The van der Waals surface area contributed by atoms with E-state index in [2.05, 4.69) is 27.4 Å². The number of halogens is 1. The number of hydrogen-bond acceptors (Lipinski definition) is 2. The summed E-state index contributed by atoms with van der Waals surface area (Å²) < 4.78 is 13.6. The van der Waals surface area contributed by atoms with Crippen LogP contribution in [-0.4, -0.2) is 43.6 Å². The molecule has 23 heavy (non-hydrogen) atoms. The minimum atomic E-state index is -0.200. The van der Waals surface area contributed by atoms with Crippen LogP contribution < -0.4 is 10.6 Å². The molecule has 1 fully saturated rings. The molecule has 1 heterocycles. The second-order valence-electron chi connectivity index (χ2n) is 6.26. The summed E-state index contributed by atoms with van der Waals surface area (Å²) in [5, 5.41) is 6.56. The summed E-state index contributed by atoms with van der Waals surface area (Å²) in [4.78, 5) is 6.98. The van der Waals surface area contributed by atoms with E-state index in [-0.39, 0.29) is 5.82 Å². The molecule has 1 saturated heterocycles. The first-order valence-electron chi connectivity index (χ1n) is 8.67. The fraction of sp³-hybridized carbons (Fsp3) is 0.611. The van der Waals surface area contributed by atoms with Crippen molar-refractivity contribution in [1.82, 2.24) is 15.5 Å². The molecule has 0 spiro atoms. The van der Waals surface area contributed by atoms with Gasteiger partial charge in [-0.2, -0.15) is 0 Å². The molecule has 5 heteroatoms. The molecule has 0 saturated carbocycles. The number of hydrogen-bond donors (Lipinski definition) is 2. The Morgan fingerprint density at radius 3 is 2.91 bits per heavy atom. The number of aliphatic imine (C=N–C) groups is 1. The van der Waals surface area contributed by atoms with Crippen molar-refractivity contribution < 1.29 is 4.39 Å². The van der Waals surface area contributed by atoms with E-state index < -0.39 is 0 Å². The monoisotopic (exact) mass is 320 g/mol. The maximum atomic E-state index is 13.6. The normalized spacial score (nSPS) is 19.6. The van der Waals surface area contributed by atoms with Crippen LogP contribution in [0, 0.1) is 11.7 Å². The number of nitrogens with zero attached hydrogens (tertiary/aromatic N) is 2. The van der Waals surface area contributed by atoms with Gasteiger partial charge in [-0.05, 0) is 38.3 Å². The van der Waals surface area contributed by atoms with Crippen LogP contribution in [-0.2, 0) is 6.54 Å². The van der Waals surface area contributed by atoms with E-state index in [1.54, 1.807) is 12.1 Å². The zero-order chi connectivity index (χ0) is 16.5. The van der Waals surface area contributed by atoms with Gasteiger partial charge in [0.1, 0.15) is 5.82 Å². The highest BCUT2D eigenvalue weighted by molar-refractivity contribution is 5.79. The standard InChI is InChI=1S/C18H29FN4/c1-3-20-18(22-13-16-8-4-5-9-17(16)19)21-10-12-23-11-6-7-15(2)14-23/h4-5,8-9,15H,3,6-7,10-14H2,1-2H3,(H2,20,21,22). The van der Waals surface area contributed by atoms with Gasteiger partial charge in [0.05, 0.1) is 6.54 Å². The summed E-state index contributed by atoms with van der Waals surface area (Å²) in [7, 11) is 0. The number of likely N-dealkylation sites (tertiary alicyclic amines) is 1. The van der Waals surface area contributed by atoms with Crippen LogP contribution in [0.3, 0.4) is 0 Å². The Hall–Kier alpha value is -1.62. The van der Waals surface area contributed by atoms with E-state index in [9.17, 15) is 4.39 Å². The molecule has 1 aromatic rings. The SMILES string of the molecule is CCNC(=NCc1ccccc1F)NCCN1CCCC(C)C1. The molecule has 0 bridgehead atoms. The second kappa shape index (κ2) is 9.50. The molecular weight excluding hydrogens is 291 g/mol. The molecule has 4 nitrogen and oxygen atoms in total. The molecule has 128 valence electrons. The number of piperidine rings is 1. The maximum absolute atomic E-state index is 13.6. The van der Waals surface area contributed by atoms with E-state index in [1.807, 2.05) is 13.0 Å². The van der Waals surface area contributed by atoms with Crippen LogP contribution in [0.2, 0.25) is 0 Å². The molecule has 1 unspecified atom stereocenters. The van der Waals surface area contributed by atoms with Crippen molar-refractivity contribution in [3.8, 4) is 0 Å². The van der Waals surface area contributed by atoms with Gasteiger partial charge >= 0.3 is 0 Å². The lowest BCUT2D eigenvalue weighted by Gasteiger charge is -2.30. The Kier molecular flexibility index (Phi) is 7.33. The van der Waals surface area contributed by atoms with Gasteiger partial charge in [0.25, 0.3) is 0 Å². The highest BCUT2D eigenvalue weighted by Crippen LogP contribution is 2.14. The quantitative estimate of drug-likeness (QED) is 0.625. The van der Waals surface area contributed by atoms with Crippen LogP contribution in [0.4, 0.5) is 4.39 Å². The van der Waals surface area contributed by atoms with E-state index in [0.717, 1.165) is 31.5 Å². The molecule has 1 aliphatic heterocycles. The summed E-state index contributed by atoms with van der Waals surface area (Å²) in [6, 6.07) is 6.79. The van der Waals surface area contributed by atoms with Gasteiger partial charge in [-0.1, -0.05) is 25.1 Å². The lowest BCUT2D eigenvalue weighted by Crippen LogP contribution is -2.43. The molecule has 1 aromatic carbocycles. The zero-order valence-corrected chi connectivity index (χ0v) is 14.3. The van der Waals surface area contributed by atoms with Gasteiger partial charge in [-0.25, -0.2) is 9.38 Å². The average molecular weight is 320 g/mol. The Balaban J connectivity index is 1.81. The highest BCUT2D eigenvalue weighted by Gasteiger charge is 2.15. The van der Waals surface area contributed by atoms with Crippen molar-refractivity contribution in [2.24, 2.45) is 10.9 Å². The number of nitrogens with one attached hydrogen (secondary N) is 2. The first-order valence-corrected chi connectivity index (χ1v) is 8.67. The second-order valence-corrected chi connectivity index (χ2v) is 6.26. The van der Waals surface area contributed by atoms with Crippen LogP contribution in [0.25, 0.3) is 0 Å². The number of guanidine groups is 1. The van der Waals surface area contributed by atoms with Crippen molar-refractivity contribution >= 4 is 5.96 Å². The predicted octanol–water partition coefficient (Wildman–Crippen LogP) is 2.61. The Morgan fingerprint density at radius 2 is 2.17 bits per heavy atom. The minimum Gasteiger partial charge on any atom is -0.357 e. The third kappa shape index (κ3) is 6.18. The first kappa shape index (κ1) is 17.7. The van der Waals surface area contributed by atoms with Crippen molar-refractivity contribution in [2.75, 3.05) is 32.7 Å². The maximum Gasteiger partial charge on any atom is 0.191 e. The van der Waals surface area contributed by atoms with E-state index in [4.69, 9.17) is 0 Å². The van der Waals surface area contributed by atoms with E-state index in [1.165, 1.54) is 32.0 Å². The van der Waals surface area contributed by atoms with E-state index in [0.29, 0.717) is 12.1 Å². The minimum absolute atomic E-state index is 0.200. The number of rotatable bonds is 6. The fourth-order valence-corrected chi connectivity index (χ4v) is 2.95. The molecule has 0 radical (unpaired) electrons. The summed E-state index contributed by atoms with van der Waals surface area (Å²) in [5.41, 5.74) is 0.620. The zero-order valence-electron chi connectivity index (χ0n) is 14.3. The molecule has 0 aromatic heterocycles.